The van der Waals surface area contributed by atoms with Crippen molar-refractivity contribution in [2.75, 3.05) is 11.9 Å². The lowest BCUT2D eigenvalue weighted by Gasteiger charge is -2.32. The Morgan fingerprint density at radius 1 is 1.03 bits per heavy atom. The Bertz CT molecular complexity index is 1480. The van der Waals surface area contributed by atoms with Crippen LogP contribution in [0.3, 0.4) is 0 Å². The highest BCUT2D eigenvalue weighted by molar-refractivity contribution is 5.89. The Morgan fingerprint density at radius 2 is 1.81 bits per heavy atom. The Morgan fingerprint density at radius 3 is 2.51 bits per heavy atom. The molecule has 0 spiro atoms. The molecule has 192 valence electrons. The van der Waals surface area contributed by atoms with Gasteiger partial charge in [-0.1, -0.05) is 44.5 Å². The van der Waals surface area contributed by atoms with E-state index in [1.807, 2.05) is 57.2 Å². The SMILES string of the molecule is CCCCN(C(=O)Nc1cccc(F)c1)C(CC)c1nc2ccccc2c(=O)n1-c1ccc(C)c(C)c1. The van der Waals surface area contributed by atoms with Gasteiger partial charge in [0.25, 0.3) is 5.56 Å². The molecule has 0 saturated carbocycles. The van der Waals surface area contributed by atoms with Gasteiger partial charge in [0.2, 0.25) is 0 Å². The molecule has 1 N–H and O–H groups in total. The van der Waals surface area contributed by atoms with Gasteiger partial charge in [0.05, 0.1) is 22.6 Å². The monoisotopic (exact) mass is 500 g/mol. The maximum atomic E-state index is 13.9. The van der Waals surface area contributed by atoms with Crippen LogP contribution in [0.4, 0.5) is 14.9 Å². The number of hydrogen-bond donors (Lipinski definition) is 1. The highest BCUT2D eigenvalue weighted by Gasteiger charge is 2.29. The average Bonchev–Trinajstić information content (AvgIpc) is 2.88. The number of carbonyl (C=O) groups is 1. The van der Waals surface area contributed by atoms with Gasteiger partial charge in [-0.3, -0.25) is 9.36 Å². The van der Waals surface area contributed by atoms with E-state index in [0.717, 1.165) is 24.0 Å². The smallest absolute Gasteiger partial charge is 0.314 e. The van der Waals surface area contributed by atoms with Crippen LogP contribution in [0.5, 0.6) is 0 Å². The van der Waals surface area contributed by atoms with Crippen molar-refractivity contribution in [3.63, 3.8) is 0 Å². The summed E-state index contributed by atoms with van der Waals surface area (Å²) in [5.41, 5.74) is 3.67. The molecule has 1 unspecified atom stereocenters. The molecule has 4 rings (SSSR count). The summed E-state index contributed by atoms with van der Waals surface area (Å²) in [6, 6.07) is 18.1. The number of halogens is 1. The summed E-state index contributed by atoms with van der Waals surface area (Å²) in [7, 11) is 0. The van der Waals surface area contributed by atoms with E-state index in [2.05, 4.69) is 12.2 Å². The van der Waals surface area contributed by atoms with Crippen LogP contribution in [0.2, 0.25) is 0 Å². The molecule has 4 aromatic rings. The van der Waals surface area contributed by atoms with Gasteiger partial charge < -0.3 is 10.2 Å². The number of aryl methyl sites for hydroxylation is 2. The number of nitrogens with one attached hydrogen (secondary N) is 1. The Hall–Kier alpha value is -4.00. The minimum atomic E-state index is -0.487. The fraction of sp³-hybridized carbons (Fsp3) is 0.300. The first kappa shape index (κ1) is 26.1. The van der Waals surface area contributed by atoms with Gasteiger partial charge in [-0.15, -0.1) is 0 Å². The number of anilines is 1. The zero-order valence-corrected chi connectivity index (χ0v) is 21.8. The van der Waals surface area contributed by atoms with E-state index in [0.29, 0.717) is 41.1 Å². The van der Waals surface area contributed by atoms with Crippen molar-refractivity contribution in [1.29, 1.82) is 0 Å². The van der Waals surface area contributed by atoms with E-state index in [1.165, 1.54) is 12.1 Å². The molecular formula is C30H33FN4O2. The lowest BCUT2D eigenvalue weighted by molar-refractivity contribution is 0.180. The molecule has 6 nitrogen and oxygen atoms in total. The molecule has 7 heteroatoms. The van der Waals surface area contributed by atoms with Crippen molar-refractivity contribution < 1.29 is 9.18 Å². The molecular weight excluding hydrogens is 467 g/mol. The minimum Gasteiger partial charge on any atom is -0.314 e. The standard InChI is InChI=1S/C30H33FN4O2/c1-5-7-17-34(30(37)32-23-12-10-11-22(31)19-23)27(6-2)28-33-26-14-9-8-13-25(26)29(36)35(28)24-16-15-20(3)21(4)18-24/h8-16,18-19,27H,5-7,17H2,1-4H3,(H,32,37). The van der Waals surface area contributed by atoms with Crippen LogP contribution in [-0.2, 0) is 0 Å². The van der Waals surface area contributed by atoms with Crippen molar-refractivity contribution in [3.8, 4) is 5.69 Å². The van der Waals surface area contributed by atoms with Crippen LogP contribution >= 0.6 is 0 Å². The molecule has 0 saturated heterocycles. The van der Waals surface area contributed by atoms with E-state index in [-0.39, 0.29) is 11.6 Å². The zero-order chi connectivity index (χ0) is 26.5. The quantitative estimate of drug-likeness (QED) is 0.285. The van der Waals surface area contributed by atoms with Crippen molar-refractivity contribution in [2.24, 2.45) is 0 Å². The number of urea groups is 1. The Kier molecular flexibility index (Phi) is 8.01. The van der Waals surface area contributed by atoms with Crippen LogP contribution < -0.4 is 10.9 Å². The molecule has 1 heterocycles. The first-order valence-corrected chi connectivity index (χ1v) is 12.8. The maximum absolute atomic E-state index is 13.9. The summed E-state index contributed by atoms with van der Waals surface area (Å²) < 4.78 is 15.4. The lowest BCUT2D eigenvalue weighted by Crippen LogP contribution is -2.41. The molecule has 0 fully saturated rings. The van der Waals surface area contributed by atoms with Gasteiger partial charge in [0, 0.05) is 12.2 Å². The molecule has 3 aromatic carbocycles. The van der Waals surface area contributed by atoms with E-state index >= 15 is 0 Å². The number of rotatable bonds is 8. The third kappa shape index (κ3) is 5.56. The summed E-state index contributed by atoms with van der Waals surface area (Å²) in [5.74, 6) is 0.0738. The molecule has 0 aliphatic rings. The Labute approximate surface area is 216 Å². The normalized spacial score (nSPS) is 11.9. The minimum absolute atomic E-state index is 0.178. The highest BCUT2D eigenvalue weighted by atomic mass is 19.1. The largest absolute Gasteiger partial charge is 0.322 e. The van der Waals surface area contributed by atoms with Gasteiger partial charge >= 0.3 is 6.03 Å². The van der Waals surface area contributed by atoms with Gasteiger partial charge in [0.1, 0.15) is 11.6 Å². The van der Waals surface area contributed by atoms with E-state index in [4.69, 9.17) is 4.98 Å². The highest BCUT2D eigenvalue weighted by Crippen LogP contribution is 2.28. The molecule has 0 bridgehead atoms. The van der Waals surface area contributed by atoms with Crippen LogP contribution in [0.25, 0.3) is 16.6 Å². The van der Waals surface area contributed by atoms with Crippen molar-refractivity contribution in [2.45, 2.75) is 53.0 Å². The Balaban J connectivity index is 1.88. The van der Waals surface area contributed by atoms with Crippen LogP contribution in [0, 0.1) is 19.7 Å². The van der Waals surface area contributed by atoms with Gasteiger partial charge in [-0.25, -0.2) is 14.2 Å². The second-order valence-corrected chi connectivity index (χ2v) is 9.31. The summed E-state index contributed by atoms with van der Waals surface area (Å²) in [6.45, 7) is 8.54. The number of amides is 2. The predicted molar refractivity (Wildman–Crippen MR) is 147 cm³/mol. The summed E-state index contributed by atoms with van der Waals surface area (Å²) >= 11 is 0. The molecule has 1 aromatic heterocycles. The first-order chi connectivity index (χ1) is 17.8. The summed E-state index contributed by atoms with van der Waals surface area (Å²) in [4.78, 5) is 34.1. The average molecular weight is 501 g/mol. The number of benzene rings is 3. The van der Waals surface area contributed by atoms with E-state index < -0.39 is 11.9 Å². The van der Waals surface area contributed by atoms with E-state index in [1.54, 1.807) is 27.7 Å². The lowest BCUT2D eigenvalue weighted by atomic mass is 10.1. The molecule has 0 aliphatic carbocycles. The summed E-state index contributed by atoms with van der Waals surface area (Å²) in [6.07, 6.45) is 2.19. The number of hydrogen-bond acceptors (Lipinski definition) is 3. The second-order valence-electron chi connectivity index (χ2n) is 9.31. The fourth-order valence-corrected chi connectivity index (χ4v) is 4.52. The van der Waals surface area contributed by atoms with Gasteiger partial charge in [-0.2, -0.15) is 0 Å². The predicted octanol–water partition coefficient (Wildman–Crippen LogP) is 6.93. The molecule has 1 atom stereocenters. The number of nitrogens with zero attached hydrogens (tertiary/aromatic N) is 3. The van der Waals surface area contributed by atoms with Gasteiger partial charge in [-0.05, 0) is 80.3 Å². The number of para-hydroxylation sites is 1. The zero-order valence-electron chi connectivity index (χ0n) is 21.8. The number of carbonyl (C=O) groups excluding carboxylic acids is 1. The molecule has 37 heavy (non-hydrogen) atoms. The fourth-order valence-electron chi connectivity index (χ4n) is 4.52. The van der Waals surface area contributed by atoms with Crippen LogP contribution in [0.1, 0.15) is 56.1 Å². The van der Waals surface area contributed by atoms with Crippen molar-refractivity contribution in [1.82, 2.24) is 14.5 Å². The van der Waals surface area contributed by atoms with Crippen LogP contribution in [-0.4, -0.2) is 27.0 Å². The molecule has 0 aliphatic heterocycles. The van der Waals surface area contributed by atoms with Crippen LogP contribution in [0.15, 0.2) is 71.5 Å². The molecule has 0 radical (unpaired) electrons. The molecule has 2 amide bonds. The maximum Gasteiger partial charge on any atom is 0.322 e. The second kappa shape index (κ2) is 11.4. The van der Waals surface area contributed by atoms with E-state index in [9.17, 15) is 14.0 Å². The van der Waals surface area contributed by atoms with Crippen molar-refractivity contribution >= 4 is 22.6 Å². The van der Waals surface area contributed by atoms with Crippen molar-refractivity contribution in [3.05, 3.63) is 99.9 Å². The number of fused-ring (bicyclic) bond motifs is 1. The summed E-state index contributed by atoms with van der Waals surface area (Å²) in [5, 5.41) is 3.35. The number of unbranched alkanes of at least 4 members (excludes halogenated alkanes) is 1. The number of aromatic nitrogens is 2. The van der Waals surface area contributed by atoms with Gasteiger partial charge in [0.15, 0.2) is 0 Å². The first-order valence-electron chi connectivity index (χ1n) is 12.8. The topological polar surface area (TPSA) is 67.2 Å². The third-order valence-electron chi connectivity index (χ3n) is 6.70. The third-order valence-corrected chi connectivity index (χ3v) is 6.70.